The van der Waals surface area contributed by atoms with E-state index in [2.05, 4.69) is 5.16 Å². The summed E-state index contributed by atoms with van der Waals surface area (Å²) < 4.78 is 41.3. The van der Waals surface area contributed by atoms with Crippen molar-refractivity contribution < 1.29 is 18.2 Å². The van der Waals surface area contributed by atoms with Gasteiger partial charge in [-0.05, 0) is 46.5 Å². The topological polar surface area (TPSA) is 52.9 Å². The summed E-state index contributed by atoms with van der Waals surface area (Å²) in [6.45, 7) is 4.92. The second-order valence-corrected chi connectivity index (χ2v) is 8.46. The van der Waals surface area contributed by atoms with Gasteiger partial charge >= 0.3 is 0 Å². The third-order valence-electron chi connectivity index (χ3n) is 4.02. The van der Waals surface area contributed by atoms with Crippen molar-refractivity contribution in [2.24, 2.45) is 5.16 Å². The quantitative estimate of drug-likeness (QED) is 0.597. The Hall–Kier alpha value is -0.560. The Morgan fingerprint density at radius 1 is 1.32 bits per heavy atom. The van der Waals surface area contributed by atoms with Crippen LogP contribution >= 0.6 is 0 Å². The lowest BCUT2D eigenvalue weighted by Crippen LogP contribution is -2.77. The van der Waals surface area contributed by atoms with Crippen LogP contribution in [0.4, 0.5) is 8.78 Å². The van der Waals surface area contributed by atoms with E-state index in [1.54, 1.807) is 20.8 Å². The molecule has 1 saturated heterocycles. The van der Waals surface area contributed by atoms with Gasteiger partial charge in [0.05, 0.1) is 22.5 Å². The highest BCUT2D eigenvalue weighted by molar-refractivity contribution is 7.84. The molecule has 0 aromatic carbocycles. The summed E-state index contributed by atoms with van der Waals surface area (Å²) in [4.78, 5) is 0. The number of rotatable bonds is 1. The molecule has 0 aromatic heterocycles. The first-order valence-electron chi connectivity index (χ1n) is 6.41. The van der Waals surface area contributed by atoms with Crippen LogP contribution in [0.1, 0.15) is 46.5 Å². The van der Waals surface area contributed by atoms with Crippen LogP contribution in [0.15, 0.2) is 5.16 Å². The monoisotopic (exact) mass is 294 g/mol. The number of hydrogen-bond acceptors (Lipinski definition) is 3. The Labute approximate surface area is 114 Å². The van der Waals surface area contributed by atoms with E-state index in [4.69, 9.17) is 5.21 Å². The minimum absolute atomic E-state index is 0.196. The fourth-order valence-corrected chi connectivity index (χ4v) is 4.36. The Balaban J connectivity index is 2.23. The van der Waals surface area contributed by atoms with Crippen LogP contribution in [0.2, 0.25) is 0 Å². The molecule has 1 heterocycles. The molecule has 0 radical (unpaired) electrons. The Kier molecular flexibility index (Phi) is 3.50. The van der Waals surface area contributed by atoms with Gasteiger partial charge in [0, 0.05) is 0 Å². The molecule has 1 aliphatic carbocycles. The highest BCUT2D eigenvalue weighted by Gasteiger charge is 2.69. The average molecular weight is 294 g/mol. The maximum atomic E-state index is 14.0. The third-order valence-corrected chi connectivity index (χ3v) is 5.95. The first-order valence-corrected chi connectivity index (χ1v) is 7.52. The van der Waals surface area contributed by atoms with Gasteiger partial charge in [-0.3, -0.25) is 0 Å². The van der Waals surface area contributed by atoms with E-state index in [9.17, 15) is 13.0 Å². The van der Waals surface area contributed by atoms with Gasteiger partial charge in [0.1, 0.15) is 11.0 Å². The van der Waals surface area contributed by atoms with Gasteiger partial charge in [0.25, 0.3) is 5.92 Å². The molecule has 1 atom stereocenters. The summed E-state index contributed by atoms with van der Waals surface area (Å²) in [7, 11) is -1.44. The lowest BCUT2D eigenvalue weighted by atomic mass is 9.71. The van der Waals surface area contributed by atoms with E-state index in [-0.39, 0.29) is 12.8 Å². The largest absolute Gasteiger partial charge is 0.411 e. The molecule has 1 aliphatic heterocycles. The lowest BCUT2D eigenvalue weighted by Gasteiger charge is -2.59. The van der Waals surface area contributed by atoms with Crippen molar-refractivity contribution in [1.29, 1.82) is 0 Å². The number of oxime groups is 1. The van der Waals surface area contributed by atoms with Crippen LogP contribution in [0.5, 0.6) is 0 Å². The maximum Gasteiger partial charge on any atom is 0.280 e. The molecule has 2 rings (SSSR count). The molecule has 2 aliphatic rings. The standard InChI is InChI=1S/C12H20F2N2O2S/c1-10(2,3)19(18)16-8-12(13,14)11(16)6-4-9(15-17)5-7-11/h17H,4-8H2,1-3H3. The van der Waals surface area contributed by atoms with Crippen LogP contribution in [-0.2, 0) is 11.0 Å². The fourth-order valence-electron chi connectivity index (χ4n) is 2.79. The zero-order valence-corrected chi connectivity index (χ0v) is 12.3. The SMILES string of the molecule is CC(C)(C)S(=O)N1CC(F)(F)C12CCC(=NO)CC2. The Morgan fingerprint density at radius 3 is 2.21 bits per heavy atom. The van der Waals surface area contributed by atoms with Gasteiger partial charge in [0.2, 0.25) is 0 Å². The van der Waals surface area contributed by atoms with Crippen molar-refractivity contribution in [1.82, 2.24) is 4.31 Å². The molecule has 19 heavy (non-hydrogen) atoms. The Morgan fingerprint density at radius 2 is 1.84 bits per heavy atom. The summed E-state index contributed by atoms with van der Waals surface area (Å²) in [6, 6.07) is 0. The van der Waals surface area contributed by atoms with E-state index in [1.807, 2.05) is 0 Å². The highest BCUT2D eigenvalue weighted by atomic mass is 32.2. The molecule has 0 aromatic rings. The van der Waals surface area contributed by atoms with E-state index in [0.29, 0.717) is 18.6 Å². The van der Waals surface area contributed by atoms with E-state index in [0.717, 1.165) is 0 Å². The molecule has 1 N–H and O–H groups in total. The van der Waals surface area contributed by atoms with Gasteiger partial charge in [-0.1, -0.05) is 5.16 Å². The summed E-state index contributed by atoms with van der Waals surface area (Å²) in [5.41, 5.74) is -0.769. The number of halogens is 2. The van der Waals surface area contributed by atoms with Crippen molar-refractivity contribution in [3.63, 3.8) is 0 Å². The first-order chi connectivity index (χ1) is 8.64. The van der Waals surface area contributed by atoms with Crippen LogP contribution < -0.4 is 0 Å². The molecule has 2 fully saturated rings. The molecule has 0 amide bonds. The van der Waals surface area contributed by atoms with E-state index < -0.39 is 33.7 Å². The van der Waals surface area contributed by atoms with Crippen molar-refractivity contribution in [3.8, 4) is 0 Å². The van der Waals surface area contributed by atoms with Gasteiger partial charge in [0.15, 0.2) is 0 Å². The average Bonchev–Trinajstić information content (AvgIpc) is 2.34. The number of alkyl halides is 2. The van der Waals surface area contributed by atoms with Gasteiger partial charge < -0.3 is 5.21 Å². The van der Waals surface area contributed by atoms with E-state index >= 15 is 0 Å². The minimum atomic E-state index is -2.81. The van der Waals surface area contributed by atoms with Crippen molar-refractivity contribution in [3.05, 3.63) is 0 Å². The second-order valence-electron chi connectivity index (χ2n) is 6.30. The molecule has 110 valence electrons. The zero-order chi connectivity index (χ0) is 14.5. The maximum absolute atomic E-state index is 14.0. The van der Waals surface area contributed by atoms with Crippen LogP contribution in [0.3, 0.4) is 0 Å². The predicted octanol–water partition coefficient (Wildman–Crippen LogP) is 2.54. The molecule has 7 heteroatoms. The van der Waals surface area contributed by atoms with Gasteiger partial charge in [-0.15, -0.1) is 0 Å². The molecular formula is C12H20F2N2O2S. The Bertz CT molecular complexity index is 422. The van der Waals surface area contributed by atoms with Gasteiger partial charge in [-0.25, -0.2) is 17.3 Å². The third kappa shape index (κ3) is 2.20. The van der Waals surface area contributed by atoms with Crippen LogP contribution in [0, 0.1) is 0 Å². The molecule has 1 unspecified atom stereocenters. The van der Waals surface area contributed by atoms with Crippen molar-refractivity contribution >= 4 is 16.7 Å². The lowest BCUT2D eigenvalue weighted by molar-refractivity contribution is -0.215. The molecule has 1 spiro atoms. The van der Waals surface area contributed by atoms with E-state index in [1.165, 1.54) is 4.31 Å². The normalized spacial score (nSPS) is 33.0. The zero-order valence-electron chi connectivity index (χ0n) is 11.4. The van der Waals surface area contributed by atoms with Crippen molar-refractivity contribution in [2.75, 3.05) is 6.54 Å². The van der Waals surface area contributed by atoms with Crippen molar-refractivity contribution in [2.45, 2.75) is 62.7 Å². The van der Waals surface area contributed by atoms with Gasteiger partial charge in [-0.2, -0.15) is 0 Å². The fraction of sp³-hybridized carbons (Fsp3) is 0.917. The molecule has 4 nitrogen and oxygen atoms in total. The molecule has 0 bridgehead atoms. The molecular weight excluding hydrogens is 274 g/mol. The second kappa shape index (κ2) is 4.48. The highest BCUT2D eigenvalue weighted by Crippen LogP contribution is 2.54. The first kappa shape index (κ1) is 14.8. The predicted molar refractivity (Wildman–Crippen MR) is 70.0 cm³/mol. The van der Waals surface area contributed by atoms with Crippen LogP contribution in [0.25, 0.3) is 0 Å². The summed E-state index contributed by atoms with van der Waals surface area (Å²) in [5, 5.41) is 11.8. The number of nitrogens with zero attached hydrogens (tertiary/aromatic N) is 2. The summed E-state index contributed by atoms with van der Waals surface area (Å²) in [6.07, 6.45) is 1.07. The van der Waals surface area contributed by atoms with Crippen LogP contribution in [-0.4, -0.2) is 42.2 Å². The summed E-state index contributed by atoms with van der Waals surface area (Å²) in [5.74, 6) is -2.81. The number of hydrogen-bond donors (Lipinski definition) is 1. The summed E-state index contributed by atoms with van der Waals surface area (Å²) >= 11 is 0. The molecule has 1 saturated carbocycles. The minimum Gasteiger partial charge on any atom is -0.411 e. The smallest absolute Gasteiger partial charge is 0.280 e.